The second-order valence-electron chi connectivity index (χ2n) is 10.3. The van der Waals surface area contributed by atoms with Gasteiger partial charge in [0.15, 0.2) is 0 Å². The van der Waals surface area contributed by atoms with Crippen LogP contribution in [0.5, 0.6) is 0 Å². The first kappa shape index (κ1) is 25.6. The van der Waals surface area contributed by atoms with Crippen molar-refractivity contribution in [2.45, 2.75) is 38.6 Å². The lowest BCUT2D eigenvalue weighted by Gasteiger charge is -2.32. The van der Waals surface area contributed by atoms with Crippen LogP contribution in [0.25, 0.3) is 16.6 Å². The zero-order valence-electron chi connectivity index (χ0n) is 22.5. The molecule has 4 heterocycles. The fourth-order valence-electron chi connectivity index (χ4n) is 5.70. The van der Waals surface area contributed by atoms with Crippen LogP contribution >= 0.6 is 0 Å². The molecule has 0 atom stereocenters. The molecule has 1 saturated heterocycles. The van der Waals surface area contributed by atoms with Gasteiger partial charge in [0.25, 0.3) is 5.91 Å². The summed E-state index contributed by atoms with van der Waals surface area (Å²) in [6, 6.07) is 20.1. The van der Waals surface area contributed by atoms with Gasteiger partial charge in [-0.2, -0.15) is 0 Å². The minimum Gasteiger partial charge on any atom is -0.338 e. The van der Waals surface area contributed by atoms with E-state index < -0.39 is 0 Å². The second kappa shape index (κ2) is 11.2. The highest BCUT2D eigenvalue weighted by Crippen LogP contribution is 2.32. The molecule has 1 aliphatic heterocycles. The normalized spacial score (nSPS) is 14.0. The Labute approximate surface area is 233 Å². The molecule has 40 heavy (non-hydrogen) atoms. The average Bonchev–Trinajstić information content (AvgIpc) is 3.63. The maximum absolute atomic E-state index is 13.9. The summed E-state index contributed by atoms with van der Waals surface area (Å²) in [5.41, 5.74) is 5.38. The largest absolute Gasteiger partial charge is 0.338 e. The topological polar surface area (TPSA) is 85.0 Å². The Balaban J connectivity index is 1.19. The fourth-order valence-corrected chi connectivity index (χ4v) is 5.70. The van der Waals surface area contributed by atoms with Gasteiger partial charge in [-0.15, -0.1) is 0 Å². The molecule has 6 rings (SSSR count). The summed E-state index contributed by atoms with van der Waals surface area (Å²) in [4.78, 5) is 36.6. The summed E-state index contributed by atoms with van der Waals surface area (Å²) < 4.78 is 4.28. The Bertz CT molecular complexity index is 1620. The van der Waals surface area contributed by atoms with Gasteiger partial charge in [-0.05, 0) is 68.1 Å². The zero-order chi connectivity index (χ0) is 27.5. The molecular formula is C32H32N6O2. The second-order valence-corrected chi connectivity index (χ2v) is 10.3. The zero-order valence-corrected chi connectivity index (χ0v) is 22.5. The third kappa shape index (κ3) is 5.12. The molecule has 0 radical (unpaired) electrons. The van der Waals surface area contributed by atoms with Crippen molar-refractivity contribution in [3.05, 3.63) is 109 Å². The number of nitrogens with one attached hydrogen (secondary N) is 1. The summed E-state index contributed by atoms with van der Waals surface area (Å²) in [5.74, 6) is 0.0397. The van der Waals surface area contributed by atoms with Crippen LogP contribution in [0, 0.1) is 6.92 Å². The van der Waals surface area contributed by atoms with Crippen LogP contribution in [0.4, 0.5) is 5.69 Å². The Morgan fingerprint density at radius 2 is 1.75 bits per heavy atom. The number of likely N-dealkylation sites (tertiary alicyclic amines) is 1. The maximum Gasteiger partial charge on any atom is 0.256 e. The van der Waals surface area contributed by atoms with Crippen molar-refractivity contribution in [1.82, 2.24) is 24.0 Å². The number of anilines is 1. The molecule has 1 N–H and O–H groups in total. The molecule has 8 nitrogen and oxygen atoms in total. The van der Waals surface area contributed by atoms with Gasteiger partial charge in [0.05, 0.1) is 17.4 Å². The van der Waals surface area contributed by atoms with Crippen molar-refractivity contribution < 1.29 is 9.59 Å². The van der Waals surface area contributed by atoms with E-state index >= 15 is 0 Å². The van der Waals surface area contributed by atoms with Gasteiger partial charge in [-0.1, -0.05) is 24.3 Å². The van der Waals surface area contributed by atoms with Crippen LogP contribution in [0.2, 0.25) is 0 Å². The van der Waals surface area contributed by atoms with E-state index in [-0.39, 0.29) is 11.8 Å². The molecule has 0 spiro atoms. The first-order chi connectivity index (χ1) is 19.6. The number of carbonyl (C=O) groups excluding carboxylic acids is 2. The third-order valence-corrected chi connectivity index (χ3v) is 7.80. The minimum absolute atomic E-state index is 0.0381. The van der Waals surface area contributed by atoms with E-state index in [2.05, 4.69) is 30.5 Å². The number of piperidine rings is 1. The third-order valence-electron chi connectivity index (χ3n) is 7.80. The summed E-state index contributed by atoms with van der Waals surface area (Å²) in [6.45, 7) is 3.45. The quantitative estimate of drug-likeness (QED) is 0.297. The van der Waals surface area contributed by atoms with E-state index in [9.17, 15) is 9.59 Å². The number of pyridine rings is 1. The van der Waals surface area contributed by atoms with E-state index in [1.807, 2.05) is 78.9 Å². The molecule has 5 aromatic rings. The number of imidazole rings is 1. The van der Waals surface area contributed by atoms with Gasteiger partial charge >= 0.3 is 0 Å². The first-order valence-corrected chi connectivity index (χ1v) is 13.7. The molecule has 0 saturated carbocycles. The number of carbonyl (C=O) groups is 2. The van der Waals surface area contributed by atoms with Gasteiger partial charge in [0, 0.05) is 72.8 Å². The van der Waals surface area contributed by atoms with Crippen molar-refractivity contribution >= 4 is 28.4 Å². The van der Waals surface area contributed by atoms with Crippen LogP contribution in [0.15, 0.2) is 91.8 Å². The summed E-state index contributed by atoms with van der Waals surface area (Å²) in [5, 5.41) is 3.94. The number of hydrogen-bond acceptors (Lipinski definition) is 4. The number of rotatable bonds is 7. The van der Waals surface area contributed by atoms with E-state index in [0.717, 1.165) is 65.0 Å². The van der Waals surface area contributed by atoms with E-state index in [4.69, 9.17) is 0 Å². The van der Waals surface area contributed by atoms with Crippen LogP contribution in [0.1, 0.15) is 46.9 Å². The average molecular weight is 533 g/mol. The molecule has 202 valence electrons. The predicted molar refractivity (Wildman–Crippen MR) is 156 cm³/mol. The first-order valence-electron chi connectivity index (χ1n) is 13.7. The highest BCUT2D eigenvalue weighted by molar-refractivity contribution is 6.09. The predicted octanol–water partition coefficient (Wildman–Crippen LogP) is 5.58. The van der Waals surface area contributed by atoms with Gasteiger partial charge in [-0.3, -0.25) is 14.6 Å². The summed E-state index contributed by atoms with van der Waals surface area (Å²) in [7, 11) is 0. The molecule has 1 fully saturated rings. The highest BCUT2D eigenvalue weighted by atomic mass is 16.2. The number of amides is 2. The maximum atomic E-state index is 13.9. The summed E-state index contributed by atoms with van der Waals surface area (Å²) >= 11 is 0. The standard InChI is InChI=1S/C32H32N6O2/c1-23-31(32(40)36-18-14-26(15-19-36)37-20-17-34-22-37)28-6-2-3-7-29(28)38(23)27-11-9-25(10-12-27)35-30(39)13-8-24-5-4-16-33-21-24/h2-7,9-12,16-17,20-22,26H,8,13-15,18-19H2,1H3,(H,35,39). The van der Waals surface area contributed by atoms with Crippen LogP contribution in [-0.4, -0.2) is 48.9 Å². The van der Waals surface area contributed by atoms with Gasteiger partial charge in [-0.25, -0.2) is 4.98 Å². The number of hydrogen-bond donors (Lipinski definition) is 1. The lowest BCUT2D eigenvalue weighted by atomic mass is 10.0. The van der Waals surface area contributed by atoms with E-state index in [1.165, 1.54) is 0 Å². The number of benzene rings is 2. The fraction of sp³-hybridized carbons (Fsp3) is 0.250. The smallest absolute Gasteiger partial charge is 0.256 e. The minimum atomic E-state index is -0.0381. The highest BCUT2D eigenvalue weighted by Gasteiger charge is 2.28. The molecule has 8 heteroatoms. The van der Waals surface area contributed by atoms with Crippen molar-refractivity contribution in [1.29, 1.82) is 0 Å². The number of aromatic nitrogens is 4. The lowest BCUT2D eigenvalue weighted by Crippen LogP contribution is -2.39. The molecule has 3 aromatic heterocycles. The van der Waals surface area contributed by atoms with Crippen molar-refractivity contribution in [2.24, 2.45) is 0 Å². The van der Waals surface area contributed by atoms with Crippen molar-refractivity contribution in [3.8, 4) is 5.69 Å². The Kier molecular flexibility index (Phi) is 7.14. The van der Waals surface area contributed by atoms with E-state index in [0.29, 0.717) is 18.9 Å². The Hall–Kier alpha value is -4.72. The molecule has 1 aliphatic rings. The van der Waals surface area contributed by atoms with Gasteiger partial charge in [0.1, 0.15) is 0 Å². The lowest BCUT2D eigenvalue weighted by molar-refractivity contribution is -0.116. The molecule has 0 bridgehead atoms. The summed E-state index contributed by atoms with van der Waals surface area (Å²) in [6.07, 6.45) is 12.0. The van der Waals surface area contributed by atoms with E-state index in [1.54, 1.807) is 18.6 Å². The SMILES string of the molecule is Cc1c(C(=O)N2CCC(n3ccnc3)CC2)c2ccccc2n1-c1ccc(NC(=O)CCc2cccnc2)cc1. The monoisotopic (exact) mass is 532 g/mol. The molecule has 0 aliphatic carbocycles. The Morgan fingerprint density at radius 3 is 2.48 bits per heavy atom. The molecule has 0 unspecified atom stereocenters. The van der Waals surface area contributed by atoms with Gasteiger partial charge < -0.3 is 19.4 Å². The van der Waals surface area contributed by atoms with Crippen molar-refractivity contribution in [3.63, 3.8) is 0 Å². The molecular weight excluding hydrogens is 500 g/mol. The van der Waals surface area contributed by atoms with Crippen molar-refractivity contribution in [2.75, 3.05) is 18.4 Å². The van der Waals surface area contributed by atoms with Crippen LogP contribution < -0.4 is 5.32 Å². The molecule has 2 aromatic carbocycles. The Morgan fingerprint density at radius 1 is 0.950 bits per heavy atom. The number of nitrogens with zero attached hydrogens (tertiary/aromatic N) is 5. The molecule has 2 amide bonds. The van der Waals surface area contributed by atoms with Crippen LogP contribution in [-0.2, 0) is 11.2 Å². The number of fused-ring (bicyclic) bond motifs is 1. The number of aryl methyl sites for hydroxylation is 1. The number of para-hydroxylation sites is 1. The van der Waals surface area contributed by atoms with Gasteiger partial charge in [0.2, 0.25) is 5.91 Å². The van der Waals surface area contributed by atoms with Crippen LogP contribution in [0.3, 0.4) is 0 Å².